The summed E-state index contributed by atoms with van der Waals surface area (Å²) in [5, 5.41) is 11.7. The fraction of sp³-hybridized carbons (Fsp3) is 0.500. The molecular formula is C14H16N4O2S. The Hall–Kier alpha value is -1.73. The number of fused-ring (bicyclic) bond motifs is 1. The monoisotopic (exact) mass is 304 g/mol. The second kappa shape index (κ2) is 4.92. The quantitative estimate of drug-likeness (QED) is 0.898. The van der Waals surface area contributed by atoms with Crippen molar-refractivity contribution < 1.29 is 9.53 Å². The fourth-order valence-corrected chi connectivity index (χ4v) is 3.87. The number of ether oxygens (including phenoxy) is 1. The Morgan fingerprint density at radius 1 is 1.43 bits per heavy atom. The number of carbonyl (C=O) groups excluding carboxylic acids is 1. The summed E-state index contributed by atoms with van der Waals surface area (Å²) in [4.78, 5) is 13.7. The Morgan fingerprint density at radius 2 is 2.29 bits per heavy atom. The molecule has 0 radical (unpaired) electrons. The van der Waals surface area contributed by atoms with Crippen LogP contribution >= 0.6 is 11.3 Å². The highest BCUT2D eigenvalue weighted by atomic mass is 32.1. The zero-order valence-electron chi connectivity index (χ0n) is 11.4. The van der Waals surface area contributed by atoms with Crippen LogP contribution in [0.2, 0.25) is 0 Å². The van der Waals surface area contributed by atoms with Gasteiger partial charge in [-0.15, -0.1) is 16.4 Å². The molecule has 2 atom stereocenters. The molecule has 0 bridgehead atoms. The van der Waals surface area contributed by atoms with Gasteiger partial charge in [0.1, 0.15) is 9.71 Å². The molecule has 0 aromatic carbocycles. The smallest absolute Gasteiger partial charge is 0.263 e. The lowest BCUT2D eigenvalue weighted by atomic mass is 10.1. The molecule has 7 heteroatoms. The summed E-state index contributed by atoms with van der Waals surface area (Å²) in [6, 6.07) is 1.89. The zero-order valence-corrected chi connectivity index (χ0v) is 12.2. The Labute approximate surface area is 125 Å². The molecule has 2 aliphatic rings. The molecule has 1 saturated carbocycles. The van der Waals surface area contributed by atoms with Crippen molar-refractivity contribution in [2.24, 2.45) is 5.92 Å². The van der Waals surface area contributed by atoms with E-state index in [4.69, 9.17) is 10.5 Å². The van der Waals surface area contributed by atoms with Gasteiger partial charge >= 0.3 is 0 Å². The minimum Gasteiger partial charge on any atom is -0.397 e. The van der Waals surface area contributed by atoms with Crippen LogP contribution in [-0.2, 0) is 4.74 Å². The number of aromatic nitrogens is 2. The van der Waals surface area contributed by atoms with Crippen molar-refractivity contribution in [3.63, 3.8) is 0 Å². The molecule has 0 spiro atoms. The summed E-state index contributed by atoms with van der Waals surface area (Å²) < 4.78 is 5.75. The van der Waals surface area contributed by atoms with E-state index in [9.17, 15) is 4.79 Å². The first-order valence-corrected chi connectivity index (χ1v) is 7.98. The van der Waals surface area contributed by atoms with Gasteiger partial charge in [-0.1, -0.05) is 0 Å². The van der Waals surface area contributed by atoms with Crippen LogP contribution in [0.1, 0.15) is 28.9 Å². The molecule has 6 nitrogen and oxygen atoms in total. The topological polar surface area (TPSA) is 90.1 Å². The molecular weight excluding hydrogens is 288 g/mol. The molecule has 3 heterocycles. The number of anilines is 1. The first kappa shape index (κ1) is 13.0. The molecule has 2 aromatic rings. The third kappa shape index (κ3) is 2.26. The molecule has 3 N–H and O–H groups in total. The number of hydrogen-bond donors (Lipinski definition) is 2. The molecule has 1 aliphatic heterocycles. The van der Waals surface area contributed by atoms with Crippen LogP contribution < -0.4 is 11.1 Å². The molecule has 2 unspecified atom stereocenters. The van der Waals surface area contributed by atoms with Gasteiger partial charge in [-0.25, -0.2) is 0 Å². The van der Waals surface area contributed by atoms with Crippen molar-refractivity contribution in [1.29, 1.82) is 0 Å². The Morgan fingerprint density at radius 3 is 3.05 bits per heavy atom. The summed E-state index contributed by atoms with van der Waals surface area (Å²) in [5.41, 5.74) is 6.56. The van der Waals surface area contributed by atoms with E-state index >= 15 is 0 Å². The van der Waals surface area contributed by atoms with Gasteiger partial charge in [0.2, 0.25) is 0 Å². The molecule has 21 heavy (non-hydrogen) atoms. The number of carbonyl (C=O) groups is 1. The van der Waals surface area contributed by atoms with Gasteiger partial charge in [-0.05, 0) is 31.2 Å². The van der Waals surface area contributed by atoms with E-state index in [0.29, 0.717) is 21.3 Å². The first-order valence-electron chi connectivity index (χ1n) is 7.16. The maximum Gasteiger partial charge on any atom is 0.263 e. The van der Waals surface area contributed by atoms with E-state index in [0.717, 1.165) is 18.4 Å². The Kier molecular flexibility index (Phi) is 3.04. The first-order chi connectivity index (χ1) is 10.2. The van der Waals surface area contributed by atoms with Crippen molar-refractivity contribution in [3.8, 4) is 0 Å². The Bertz CT molecular complexity index is 697. The number of rotatable bonds is 3. The number of thiophene rings is 1. The minimum absolute atomic E-state index is 0.0979. The van der Waals surface area contributed by atoms with Crippen LogP contribution in [0.25, 0.3) is 10.2 Å². The predicted octanol–water partition coefficient (Wildman–Crippen LogP) is 1.57. The lowest BCUT2D eigenvalue weighted by Gasteiger charge is -2.19. The molecule has 110 valence electrons. The van der Waals surface area contributed by atoms with Gasteiger partial charge in [-0.3, -0.25) is 4.79 Å². The highest BCUT2D eigenvalue weighted by Gasteiger charge is 2.41. The lowest BCUT2D eigenvalue weighted by molar-refractivity contribution is 0.0732. The average Bonchev–Trinajstić information content (AvgIpc) is 3.15. The van der Waals surface area contributed by atoms with Gasteiger partial charge in [0.15, 0.2) is 0 Å². The molecule has 2 fully saturated rings. The van der Waals surface area contributed by atoms with Crippen molar-refractivity contribution in [2.45, 2.75) is 31.4 Å². The number of nitrogens with two attached hydrogens (primary N) is 1. The van der Waals surface area contributed by atoms with Crippen LogP contribution in [0.4, 0.5) is 5.69 Å². The number of nitrogens with zero attached hydrogens (tertiary/aromatic N) is 2. The maximum absolute atomic E-state index is 12.5. The largest absolute Gasteiger partial charge is 0.397 e. The van der Waals surface area contributed by atoms with Gasteiger partial charge < -0.3 is 15.8 Å². The molecule has 1 aliphatic carbocycles. The van der Waals surface area contributed by atoms with Crippen LogP contribution in [-0.4, -0.2) is 34.9 Å². The van der Waals surface area contributed by atoms with Crippen molar-refractivity contribution in [3.05, 3.63) is 17.1 Å². The predicted molar refractivity (Wildman–Crippen MR) is 80.2 cm³/mol. The van der Waals surface area contributed by atoms with Crippen molar-refractivity contribution in [2.75, 3.05) is 12.3 Å². The van der Waals surface area contributed by atoms with Crippen molar-refractivity contribution in [1.82, 2.24) is 15.5 Å². The summed E-state index contributed by atoms with van der Waals surface area (Å²) >= 11 is 1.29. The number of hydrogen-bond acceptors (Lipinski definition) is 6. The van der Waals surface area contributed by atoms with Crippen molar-refractivity contribution >= 4 is 33.1 Å². The second-order valence-electron chi connectivity index (χ2n) is 5.64. The number of nitrogen functional groups attached to an aromatic ring is 1. The van der Waals surface area contributed by atoms with Crippen LogP contribution in [0.15, 0.2) is 12.3 Å². The van der Waals surface area contributed by atoms with Gasteiger partial charge in [0.05, 0.1) is 24.0 Å². The minimum atomic E-state index is -0.128. The summed E-state index contributed by atoms with van der Waals surface area (Å²) in [6.45, 7) is 0.722. The van der Waals surface area contributed by atoms with E-state index in [2.05, 4.69) is 15.5 Å². The molecule has 2 aromatic heterocycles. The van der Waals surface area contributed by atoms with Gasteiger partial charge in [-0.2, -0.15) is 5.10 Å². The number of nitrogens with one attached hydrogen (secondary N) is 1. The van der Waals surface area contributed by atoms with Crippen LogP contribution in [0, 0.1) is 5.92 Å². The SMILES string of the molecule is Nc1c(C(=O)NC2CCOC2C2CC2)sc2nnccc12. The third-order valence-corrected chi connectivity index (χ3v) is 5.27. The highest BCUT2D eigenvalue weighted by molar-refractivity contribution is 7.21. The third-order valence-electron chi connectivity index (χ3n) is 4.17. The van der Waals surface area contributed by atoms with E-state index in [1.807, 2.05) is 0 Å². The molecule has 1 saturated heterocycles. The second-order valence-corrected chi connectivity index (χ2v) is 6.64. The van der Waals surface area contributed by atoms with E-state index in [-0.39, 0.29) is 18.1 Å². The summed E-state index contributed by atoms with van der Waals surface area (Å²) in [7, 11) is 0. The molecule has 4 rings (SSSR count). The zero-order chi connectivity index (χ0) is 14.4. The van der Waals surface area contributed by atoms with Gasteiger partial charge in [0.25, 0.3) is 5.91 Å². The normalized spacial score (nSPS) is 25.3. The highest BCUT2D eigenvalue weighted by Crippen LogP contribution is 2.39. The molecule has 1 amide bonds. The summed E-state index contributed by atoms with van der Waals surface area (Å²) in [6.07, 6.45) is 5.04. The van der Waals surface area contributed by atoms with E-state index in [1.165, 1.54) is 24.2 Å². The lowest BCUT2D eigenvalue weighted by Crippen LogP contribution is -2.41. The van der Waals surface area contributed by atoms with Crippen LogP contribution in [0.3, 0.4) is 0 Å². The van der Waals surface area contributed by atoms with Gasteiger partial charge in [0, 0.05) is 12.0 Å². The van der Waals surface area contributed by atoms with Crippen LogP contribution in [0.5, 0.6) is 0 Å². The van der Waals surface area contributed by atoms with E-state index in [1.54, 1.807) is 12.3 Å². The summed E-state index contributed by atoms with van der Waals surface area (Å²) in [5.74, 6) is 0.486. The number of amides is 1. The maximum atomic E-state index is 12.5. The van der Waals surface area contributed by atoms with E-state index < -0.39 is 0 Å². The standard InChI is InChI=1S/C14H16N4O2S/c15-10-8-3-5-16-18-14(8)21-12(10)13(19)17-9-4-6-20-11(9)7-1-2-7/h3,5,7,9,11H,1-2,4,6,15H2,(H,17,19). The Balaban J connectivity index is 1.57. The fourth-order valence-electron chi connectivity index (χ4n) is 2.93. The average molecular weight is 304 g/mol.